The van der Waals surface area contributed by atoms with E-state index in [1.165, 1.54) is 6.92 Å². The van der Waals surface area contributed by atoms with E-state index in [1.54, 1.807) is 0 Å². The Labute approximate surface area is 113 Å². The van der Waals surface area contributed by atoms with Gasteiger partial charge in [0.15, 0.2) is 0 Å². The number of ketones is 1. The zero-order valence-corrected chi connectivity index (χ0v) is 11.1. The van der Waals surface area contributed by atoms with E-state index in [2.05, 4.69) is 20.7 Å². The van der Waals surface area contributed by atoms with Crippen LogP contribution in [0.4, 0.5) is 17.6 Å². The molecule has 0 unspecified atom stereocenters. The van der Waals surface area contributed by atoms with E-state index in [1.807, 2.05) is 0 Å². The molecule has 0 fully saturated rings. The standard InChI is InChI=1S/C11H7BrF4O3/c1-2-19-10(18)9(17)8-6(12)3-5(4-7(8)13)11(14,15)16/h3-4H,2H2,1H3. The van der Waals surface area contributed by atoms with Crippen molar-refractivity contribution in [3.8, 4) is 0 Å². The fourth-order valence-corrected chi connectivity index (χ4v) is 1.87. The van der Waals surface area contributed by atoms with Crippen molar-refractivity contribution in [1.82, 2.24) is 0 Å². The Hall–Kier alpha value is -1.44. The van der Waals surface area contributed by atoms with Gasteiger partial charge < -0.3 is 4.74 Å². The zero-order chi connectivity index (χ0) is 14.8. The molecule has 1 aromatic rings. The van der Waals surface area contributed by atoms with Crippen molar-refractivity contribution in [2.24, 2.45) is 0 Å². The van der Waals surface area contributed by atoms with Crippen LogP contribution in [0, 0.1) is 5.82 Å². The zero-order valence-electron chi connectivity index (χ0n) is 9.48. The van der Waals surface area contributed by atoms with Gasteiger partial charge in [-0.1, -0.05) is 0 Å². The number of ether oxygens (including phenoxy) is 1. The second-order valence-corrected chi connectivity index (χ2v) is 4.22. The quantitative estimate of drug-likeness (QED) is 0.366. The number of Topliss-reactive ketones (excluding diaryl/α,β-unsaturated/α-hetero) is 1. The van der Waals surface area contributed by atoms with Crippen molar-refractivity contribution >= 4 is 27.7 Å². The van der Waals surface area contributed by atoms with Crippen molar-refractivity contribution in [2.45, 2.75) is 13.1 Å². The van der Waals surface area contributed by atoms with Gasteiger partial charge in [0.1, 0.15) is 5.82 Å². The van der Waals surface area contributed by atoms with Crippen molar-refractivity contribution in [2.75, 3.05) is 6.61 Å². The molecule has 8 heteroatoms. The lowest BCUT2D eigenvalue weighted by atomic mass is 10.1. The Kier molecular flexibility index (Phi) is 4.67. The minimum Gasteiger partial charge on any atom is -0.460 e. The van der Waals surface area contributed by atoms with Crippen LogP contribution in [-0.2, 0) is 15.7 Å². The summed E-state index contributed by atoms with van der Waals surface area (Å²) in [7, 11) is 0. The third-order valence-corrected chi connectivity index (χ3v) is 2.68. The second-order valence-electron chi connectivity index (χ2n) is 3.36. The Morgan fingerprint density at radius 2 is 1.89 bits per heavy atom. The highest BCUT2D eigenvalue weighted by Gasteiger charge is 2.34. The van der Waals surface area contributed by atoms with Crippen molar-refractivity contribution in [3.63, 3.8) is 0 Å². The number of carbonyl (C=O) groups excluding carboxylic acids is 2. The number of halogens is 5. The van der Waals surface area contributed by atoms with E-state index >= 15 is 0 Å². The number of carbonyl (C=O) groups is 2. The van der Waals surface area contributed by atoms with Gasteiger partial charge in [-0.25, -0.2) is 9.18 Å². The highest BCUT2D eigenvalue weighted by molar-refractivity contribution is 9.10. The van der Waals surface area contributed by atoms with E-state index in [9.17, 15) is 27.2 Å². The molecule has 0 aliphatic carbocycles. The third-order valence-electron chi connectivity index (χ3n) is 2.06. The molecule has 1 rings (SSSR count). The molecule has 0 aliphatic rings. The molecule has 0 radical (unpaired) electrons. The summed E-state index contributed by atoms with van der Waals surface area (Å²) in [5, 5.41) is 0. The van der Waals surface area contributed by atoms with Crippen LogP contribution in [0.1, 0.15) is 22.8 Å². The Balaban J connectivity index is 3.25. The van der Waals surface area contributed by atoms with Crippen LogP contribution in [0.5, 0.6) is 0 Å². The molecule has 0 heterocycles. The van der Waals surface area contributed by atoms with Gasteiger partial charge in [-0.05, 0) is 35.0 Å². The van der Waals surface area contributed by atoms with Crippen LogP contribution in [0.15, 0.2) is 16.6 Å². The molecular weight excluding hydrogens is 336 g/mol. The third kappa shape index (κ3) is 3.52. The average molecular weight is 343 g/mol. The van der Waals surface area contributed by atoms with Crippen molar-refractivity contribution < 1.29 is 31.9 Å². The molecule has 0 spiro atoms. The summed E-state index contributed by atoms with van der Waals surface area (Å²) in [5.74, 6) is -4.12. The van der Waals surface area contributed by atoms with Gasteiger partial charge in [0.05, 0.1) is 17.7 Å². The maximum absolute atomic E-state index is 13.5. The first-order valence-electron chi connectivity index (χ1n) is 4.96. The van der Waals surface area contributed by atoms with Crippen molar-refractivity contribution in [3.05, 3.63) is 33.5 Å². The van der Waals surface area contributed by atoms with Crippen LogP contribution in [0.2, 0.25) is 0 Å². The predicted octanol–water partition coefficient (Wildman–Crippen LogP) is 3.35. The summed E-state index contributed by atoms with van der Waals surface area (Å²) in [4.78, 5) is 22.7. The van der Waals surface area contributed by atoms with Gasteiger partial charge in [-0.3, -0.25) is 4.79 Å². The highest BCUT2D eigenvalue weighted by atomic mass is 79.9. The number of hydrogen-bond donors (Lipinski definition) is 0. The minimum atomic E-state index is -4.76. The largest absolute Gasteiger partial charge is 0.460 e. The molecule has 3 nitrogen and oxygen atoms in total. The van der Waals surface area contributed by atoms with Crippen LogP contribution >= 0.6 is 15.9 Å². The van der Waals surface area contributed by atoms with Crippen LogP contribution in [-0.4, -0.2) is 18.4 Å². The highest BCUT2D eigenvalue weighted by Crippen LogP contribution is 2.33. The molecule has 0 saturated heterocycles. The summed E-state index contributed by atoms with van der Waals surface area (Å²) in [5.41, 5.74) is -2.05. The molecule has 0 atom stereocenters. The van der Waals surface area contributed by atoms with E-state index in [0.717, 1.165) is 0 Å². The maximum atomic E-state index is 13.5. The molecule has 0 aromatic heterocycles. The van der Waals surface area contributed by atoms with Gasteiger partial charge in [0, 0.05) is 4.47 Å². The molecule has 0 bridgehead atoms. The molecule has 0 N–H and O–H groups in total. The molecule has 19 heavy (non-hydrogen) atoms. The summed E-state index contributed by atoms with van der Waals surface area (Å²) in [6.07, 6.45) is -4.76. The second kappa shape index (κ2) is 5.68. The number of rotatable bonds is 3. The Morgan fingerprint density at radius 3 is 2.32 bits per heavy atom. The lowest BCUT2D eigenvalue weighted by molar-refractivity contribution is -0.138. The monoisotopic (exact) mass is 342 g/mol. The topological polar surface area (TPSA) is 43.4 Å². The van der Waals surface area contributed by atoms with E-state index in [-0.39, 0.29) is 12.7 Å². The van der Waals surface area contributed by atoms with Crippen molar-refractivity contribution in [1.29, 1.82) is 0 Å². The molecule has 0 saturated carbocycles. The molecule has 1 aromatic carbocycles. The number of benzene rings is 1. The number of esters is 1. The average Bonchev–Trinajstić information content (AvgIpc) is 2.26. The van der Waals surface area contributed by atoms with E-state index in [0.29, 0.717) is 6.07 Å². The molecule has 104 valence electrons. The maximum Gasteiger partial charge on any atom is 0.416 e. The fourth-order valence-electron chi connectivity index (χ4n) is 1.25. The summed E-state index contributed by atoms with van der Waals surface area (Å²) >= 11 is 2.64. The predicted molar refractivity (Wildman–Crippen MR) is 60.1 cm³/mol. The normalized spacial score (nSPS) is 11.3. The molecule has 0 aliphatic heterocycles. The van der Waals surface area contributed by atoms with Gasteiger partial charge >= 0.3 is 12.1 Å². The van der Waals surface area contributed by atoms with E-state index < -0.39 is 39.3 Å². The number of alkyl halides is 3. The summed E-state index contributed by atoms with van der Waals surface area (Å²) in [6, 6.07) is 0.673. The fraction of sp³-hybridized carbons (Fsp3) is 0.273. The first-order chi connectivity index (χ1) is 8.68. The van der Waals surface area contributed by atoms with Crippen LogP contribution < -0.4 is 0 Å². The lowest BCUT2D eigenvalue weighted by Crippen LogP contribution is -2.20. The van der Waals surface area contributed by atoms with Crippen LogP contribution in [0.25, 0.3) is 0 Å². The lowest BCUT2D eigenvalue weighted by Gasteiger charge is -2.10. The summed E-state index contributed by atoms with van der Waals surface area (Å²) < 4.78 is 54.6. The summed E-state index contributed by atoms with van der Waals surface area (Å²) in [6.45, 7) is 1.33. The van der Waals surface area contributed by atoms with Gasteiger partial charge in [0.2, 0.25) is 0 Å². The Morgan fingerprint density at radius 1 is 1.32 bits per heavy atom. The van der Waals surface area contributed by atoms with Gasteiger partial charge in [-0.2, -0.15) is 13.2 Å². The molecular formula is C11H7BrF4O3. The van der Waals surface area contributed by atoms with Gasteiger partial charge in [0.25, 0.3) is 5.78 Å². The SMILES string of the molecule is CCOC(=O)C(=O)c1c(F)cc(C(F)(F)F)cc1Br. The van der Waals surface area contributed by atoms with E-state index in [4.69, 9.17) is 0 Å². The molecule has 0 amide bonds. The smallest absolute Gasteiger partial charge is 0.416 e. The number of hydrogen-bond acceptors (Lipinski definition) is 3. The first kappa shape index (κ1) is 15.6. The Bertz CT molecular complexity index is 502. The minimum absolute atomic E-state index is 0.107. The van der Waals surface area contributed by atoms with Gasteiger partial charge in [-0.15, -0.1) is 0 Å². The first-order valence-corrected chi connectivity index (χ1v) is 5.75. The van der Waals surface area contributed by atoms with Crippen LogP contribution in [0.3, 0.4) is 0 Å².